The molecular formula is C25H25F3N4O7. The van der Waals surface area contributed by atoms with E-state index in [1.165, 1.54) is 24.4 Å². The number of nitrogens with one attached hydrogen (secondary N) is 2. The van der Waals surface area contributed by atoms with Gasteiger partial charge in [-0.25, -0.2) is 4.79 Å². The Morgan fingerprint density at radius 3 is 2.72 bits per heavy atom. The number of anilines is 1. The molecule has 14 heteroatoms. The van der Waals surface area contributed by atoms with Gasteiger partial charge >= 0.3 is 17.8 Å². The van der Waals surface area contributed by atoms with E-state index in [-0.39, 0.29) is 36.8 Å². The summed E-state index contributed by atoms with van der Waals surface area (Å²) in [5, 5.41) is 13.7. The molecule has 3 rings (SSSR count). The van der Waals surface area contributed by atoms with Gasteiger partial charge in [0.25, 0.3) is 5.91 Å². The second kappa shape index (κ2) is 13.7. The smallest absolute Gasteiger partial charge is 0.394 e. The fourth-order valence-electron chi connectivity index (χ4n) is 3.47. The highest BCUT2D eigenvalue weighted by Crippen LogP contribution is 2.30. The molecule has 0 radical (unpaired) electrons. The largest absolute Gasteiger partial charge is 0.471 e. The van der Waals surface area contributed by atoms with E-state index in [9.17, 15) is 32.7 Å². The molecule has 39 heavy (non-hydrogen) atoms. The fraction of sp³-hybridized carbons (Fsp3) is 0.360. The number of benzene rings is 1. The number of aromatic nitrogens is 2. The second-order valence-electron chi connectivity index (χ2n) is 8.03. The summed E-state index contributed by atoms with van der Waals surface area (Å²) < 4.78 is 54.9. The number of halogens is 3. The van der Waals surface area contributed by atoms with Crippen molar-refractivity contribution in [2.24, 2.45) is 0 Å². The molecule has 0 spiro atoms. The molecule has 1 unspecified atom stereocenters. The number of carbonyl (C=O) groups excluding carboxylic acids is 2. The third-order valence-corrected chi connectivity index (χ3v) is 5.31. The van der Waals surface area contributed by atoms with Crippen molar-refractivity contribution in [3.8, 4) is 11.8 Å². The highest BCUT2D eigenvalue weighted by Gasteiger charge is 2.38. The van der Waals surface area contributed by atoms with Gasteiger partial charge in [0.05, 0.1) is 31.4 Å². The van der Waals surface area contributed by atoms with Crippen LogP contribution < -0.4 is 16.3 Å². The predicted octanol–water partition coefficient (Wildman–Crippen LogP) is 1.35. The van der Waals surface area contributed by atoms with Crippen molar-refractivity contribution in [1.29, 1.82) is 0 Å². The quantitative estimate of drug-likeness (QED) is 0.174. The van der Waals surface area contributed by atoms with Crippen LogP contribution in [0.5, 0.6) is 0 Å². The van der Waals surface area contributed by atoms with Gasteiger partial charge in [0.2, 0.25) is 0 Å². The lowest BCUT2D eigenvalue weighted by Crippen LogP contribution is -2.36. The monoisotopic (exact) mass is 550 g/mol. The van der Waals surface area contributed by atoms with Gasteiger partial charge in [0.1, 0.15) is 19.1 Å². The van der Waals surface area contributed by atoms with Crippen LogP contribution in [0.1, 0.15) is 28.6 Å². The molecule has 11 nitrogen and oxygen atoms in total. The first-order valence-corrected chi connectivity index (χ1v) is 11.5. The molecule has 0 aliphatic carbocycles. The van der Waals surface area contributed by atoms with Gasteiger partial charge in [-0.15, -0.1) is 6.58 Å². The van der Waals surface area contributed by atoms with E-state index in [1.807, 2.05) is 0 Å². The highest BCUT2D eigenvalue weighted by molar-refractivity contribution is 6.04. The van der Waals surface area contributed by atoms with Gasteiger partial charge in [-0.1, -0.05) is 36.1 Å². The molecule has 0 saturated carbocycles. The number of nitrogens with zero attached hydrogens (tertiary/aromatic N) is 2. The number of aliphatic hydroxyl groups is 1. The summed E-state index contributed by atoms with van der Waals surface area (Å²) in [5.41, 5.74) is -0.620. The van der Waals surface area contributed by atoms with E-state index in [1.54, 1.807) is 23.5 Å². The Balaban J connectivity index is 1.87. The first-order chi connectivity index (χ1) is 18.6. The standard InChI is InChI=1S/C25H25F3N4O7/c1-2-11-37-15-38-18-12-20(39-19(18)14-33)32-13-17(9-6-10-29-23(35)25(26,27)28)21(31-24(32)36)30-22(34)16-7-4-3-5-8-16/h2-5,7-8,13,18-20,33H,1,10-12,14-15H2,(H,29,35)(H,30,31,34,36)/t18?,19-,20-/m1/s1. The number of ether oxygens (including phenoxy) is 3. The van der Waals surface area contributed by atoms with Crippen LogP contribution in [0.3, 0.4) is 0 Å². The van der Waals surface area contributed by atoms with E-state index < -0.39 is 55.3 Å². The van der Waals surface area contributed by atoms with Crippen molar-refractivity contribution in [3.05, 3.63) is 70.8 Å². The van der Waals surface area contributed by atoms with E-state index >= 15 is 0 Å². The number of hydrogen-bond donors (Lipinski definition) is 3. The lowest BCUT2D eigenvalue weighted by molar-refractivity contribution is -0.173. The Hall–Kier alpha value is -4.03. The first-order valence-electron chi connectivity index (χ1n) is 11.5. The van der Waals surface area contributed by atoms with Gasteiger partial charge in [0, 0.05) is 18.2 Å². The molecule has 1 fully saturated rings. The number of amides is 2. The first kappa shape index (κ1) is 29.5. The third kappa shape index (κ3) is 8.23. The van der Waals surface area contributed by atoms with Gasteiger partial charge < -0.3 is 30.0 Å². The van der Waals surface area contributed by atoms with Gasteiger partial charge in [0.15, 0.2) is 5.82 Å². The molecule has 2 aromatic rings. The summed E-state index contributed by atoms with van der Waals surface area (Å²) in [7, 11) is 0. The number of alkyl halides is 3. The van der Waals surface area contributed by atoms with Crippen molar-refractivity contribution in [2.75, 3.05) is 31.9 Å². The third-order valence-electron chi connectivity index (χ3n) is 5.31. The topological polar surface area (TPSA) is 141 Å². The van der Waals surface area contributed by atoms with Crippen LogP contribution in [0.2, 0.25) is 0 Å². The van der Waals surface area contributed by atoms with Gasteiger partial charge in [-0.2, -0.15) is 18.2 Å². The minimum atomic E-state index is -5.08. The van der Waals surface area contributed by atoms with E-state index in [4.69, 9.17) is 14.2 Å². The molecule has 1 aromatic heterocycles. The molecule has 2 amide bonds. The molecular weight excluding hydrogens is 525 g/mol. The maximum Gasteiger partial charge on any atom is 0.471 e. The summed E-state index contributed by atoms with van der Waals surface area (Å²) in [6.07, 6.45) is -4.60. The minimum Gasteiger partial charge on any atom is -0.394 e. The van der Waals surface area contributed by atoms with Crippen LogP contribution >= 0.6 is 0 Å². The zero-order chi connectivity index (χ0) is 28.4. The van der Waals surface area contributed by atoms with E-state index in [2.05, 4.69) is 28.7 Å². The lowest BCUT2D eigenvalue weighted by atomic mass is 10.2. The normalized spacial score (nSPS) is 18.6. The molecule has 208 valence electrons. The molecule has 1 saturated heterocycles. The van der Waals surface area contributed by atoms with Crippen LogP contribution in [0.25, 0.3) is 0 Å². The highest BCUT2D eigenvalue weighted by atomic mass is 19.4. The van der Waals surface area contributed by atoms with Crippen molar-refractivity contribution < 1.29 is 42.1 Å². The Bertz CT molecular complexity index is 1290. The van der Waals surface area contributed by atoms with Crippen LogP contribution in [0.15, 0.2) is 54.0 Å². The SMILES string of the molecule is C=CCOCOC1C[C@H](n2cc(C#CCNC(=O)C(F)(F)F)c(NC(=O)c3ccccc3)nc2=O)O[C@@H]1CO. The average molecular weight is 550 g/mol. The van der Waals surface area contributed by atoms with Gasteiger partial charge in [-0.3, -0.25) is 14.2 Å². The van der Waals surface area contributed by atoms with Crippen molar-refractivity contribution in [1.82, 2.24) is 14.9 Å². The molecule has 2 heterocycles. The van der Waals surface area contributed by atoms with Crippen LogP contribution in [0, 0.1) is 11.8 Å². The molecule has 3 atom stereocenters. The van der Waals surface area contributed by atoms with Crippen molar-refractivity contribution in [3.63, 3.8) is 0 Å². The van der Waals surface area contributed by atoms with Crippen LogP contribution in [-0.2, 0) is 19.0 Å². The maximum atomic E-state index is 12.9. The molecule has 1 aliphatic rings. The predicted molar refractivity (Wildman–Crippen MR) is 130 cm³/mol. The molecule has 3 N–H and O–H groups in total. The molecule has 1 aromatic carbocycles. The molecule has 1 aliphatic heterocycles. The summed E-state index contributed by atoms with van der Waals surface area (Å²) in [5.74, 6) is 1.83. The Morgan fingerprint density at radius 1 is 1.31 bits per heavy atom. The van der Waals surface area contributed by atoms with E-state index in [0.29, 0.717) is 0 Å². The number of carbonyl (C=O) groups is 2. The minimum absolute atomic E-state index is 0.0389. The van der Waals surface area contributed by atoms with Crippen LogP contribution in [0.4, 0.5) is 19.0 Å². The number of aliphatic hydroxyl groups excluding tert-OH is 1. The Kier molecular flexibility index (Phi) is 10.4. The summed E-state index contributed by atoms with van der Waals surface area (Å²) >= 11 is 0. The van der Waals surface area contributed by atoms with Crippen molar-refractivity contribution in [2.45, 2.75) is 31.0 Å². The molecule has 0 bridgehead atoms. The zero-order valence-corrected chi connectivity index (χ0v) is 20.4. The number of hydrogen-bond acceptors (Lipinski definition) is 8. The number of rotatable bonds is 10. The lowest BCUT2D eigenvalue weighted by Gasteiger charge is -2.16. The maximum absolute atomic E-state index is 12.9. The van der Waals surface area contributed by atoms with Crippen LogP contribution in [-0.4, -0.2) is 71.4 Å². The van der Waals surface area contributed by atoms with E-state index in [0.717, 1.165) is 4.57 Å². The summed E-state index contributed by atoms with van der Waals surface area (Å²) in [4.78, 5) is 40.4. The van der Waals surface area contributed by atoms with Gasteiger partial charge in [-0.05, 0) is 12.1 Å². The fourth-order valence-corrected chi connectivity index (χ4v) is 3.47. The Labute approximate surface area is 220 Å². The second-order valence-corrected chi connectivity index (χ2v) is 8.03. The average Bonchev–Trinajstić information content (AvgIpc) is 3.32. The zero-order valence-electron chi connectivity index (χ0n) is 20.4. The summed E-state index contributed by atoms with van der Waals surface area (Å²) in [6.45, 7) is 2.57. The Morgan fingerprint density at radius 2 is 2.05 bits per heavy atom. The van der Waals surface area contributed by atoms with Crippen molar-refractivity contribution >= 4 is 17.6 Å². The summed E-state index contributed by atoms with van der Waals surface area (Å²) in [6, 6.07) is 8.00.